The minimum absolute atomic E-state index is 0.0676. The van der Waals surface area contributed by atoms with Gasteiger partial charge < -0.3 is 9.64 Å². The lowest BCUT2D eigenvalue weighted by Crippen LogP contribution is -2.43. The number of carbonyl (C=O) groups excluding carboxylic acids is 1. The molecule has 1 aromatic carbocycles. The van der Waals surface area contributed by atoms with Gasteiger partial charge in [-0.3, -0.25) is 9.78 Å². The third-order valence-electron chi connectivity index (χ3n) is 3.46. The first kappa shape index (κ1) is 13.6. The maximum Gasteiger partial charge on any atom is 0.340 e. The molecule has 0 spiro atoms. The van der Waals surface area contributed by atoms with Gasteiger partial charge in [0.15, 0.2) is 0 Å². The molecule has 21 heavy (non-hydrogen) atoms. The molecule has 2 heterocycles. The zero-order chi connectivity index (χ0) is 14.7. The van der Waals surface area contributed by atoms with Gasteiger partial charge in [-0.15, -0.1) is 0 Å². The van der Waals surface area contributed by atoms with Crippen molar-refractivity contribution >= 4 is 5.91 Å². The van der Waals surface area contributed by atoms with Gasteiger partial charge in [-0.2, -0.15) is 5.10 Å². The predicted molar refractivity (Wildman–Crippen MR) is 74.6 cm³/mol. The van der Waals surface area contributed by atoms with E-state index in [9.17, 15) is 9.59 Å². The van der Waals surface area contributed by atoms with Crippen LogP contribution in [0, 0.1) is 0 Å². The molecule has 7 nitrogen and oxygen atoms in total. The van der Waals surface area contributed by atoms with Crippen molar-refractivity contribution < 1.29 is 9.53 Å². The number of morpholine rings is 1. The fourth-order valence-electron chi connectivity index (χ4n) is 2.39. The highest BCUT2D eigenvalue weighted by Gasteiger charge is 2.25. The summed E-state index contributed by atoms with van der Waals surface area (Å²) in [6.07, 6.45) is -0.0256. The second-order valence-electron chi connectivity index (χ2n) is 4.91. The molecule has 0 saturated carbocycles. The lowest BCUT2D eigenvalue weighted by atomic mass is 10.1. The van der Waals surface area contributed by atoms with Gasteiger partial charge in [-0.1, -0.05) is 30.3 Å². The predicted octanol–water partition coefficient (Wildman–Crippen LogP) is 0.241. The van der Waals surface area contributed by atoms with Crippen LogP contribution in [0.3, 0.4) is 0 Å². The largest absolute Gasteiger partial charge is 0.370 e. The van der Waals surface area contributed by atoms with E-state index in [4.69, 9.17) is 4.74 Å². The maximum absolute atomic E-state index is 12.2. The number of hydrogen-bond acceptors (Lipinski definition) is 4. The summed E-state index contributed by atoms with van der Waals surface area (Å²) < 4.78 is 5.73. The molecule has 110 valence electrons. The summed E-state index contributed by atoms with van der Waals surface area (Å²) in [7, 11) is 0. The van der Waals surface area contributed by atoms with Crippen molar-refractivity contribution in [2.24, 2.45) is 0 Å². The van der Waals surface area contributed by atoms with Gasteiger partial charge in [0.25, 0.3) is 0 Å². The number of aromatic nitrogens is 3. The van der Waals surface area contributed by atoms with Crippen molar-refractivity contribution in [1.82, 2.24) is 20.1 Å². The van der Waals surface area contributed by atoms with Gasteiger partial charge in [0.05, 0.1) is 19.6 Å². The summed E-state index contributed by atoms with van der Waals surface area (Å²) >= 11 is 0. The minimum Gasteiger partial charge on any atom is -0.370 e. The highest BCUT2D eigenvalue weighted by atomic mass is 16.5. The van der Waals surface area contributed by atoms with Crippen LogP contribution in [0.2, 0.25) is 0 Å². The molecule has 1 aliphatic rings. The SMILES string of the molecule is O=C(Cc1n[nH]c(=O)[nH]1)N1CCOC(c2ccccc2)C1. The van der Waals surface area contributed by atoms with E-state index < -0.39 is 5.69 Å². The Balaban J connectivity index is 1.65. The third-order valence-corrected chi connectivity index (χ3v) is 3.46. The molecule has 7 heteroatoms. The summed E-state index contributed by atoms with van der Waals surface area (Å²) in [5.74, 6) is 0.287. The summed E-state index contributed by atoms with van der Waals surface area (Å²) in [6.45, 7) is 1.57. The van der Waals surface area contributed by atoms with Crippen molar-refractivity contribution in [2.45, 2.75) is 12.5 Å². The van der Waals surface area contributed by atoms with E-state index in [1.54, 1.807) is 4.90 Å². The van der Waals surface area contributed by atoms with Crippen LogP contribution in [-0.2, 0) is 16.0 Å². The fraction of sp³-hybridized carbons (Fsp3) is 0.357. The Bertz CT molecular complexity index is 664. The number of benzene rings is 1. The van der Waals surface area contributed by atoms with E-state index in [0.29, 0.717) is 25.5 Å². The molecule has 1 aliphatic heterocycles. The highest BCUT2D eigenvalue weighted by Crippen LogP contribution is 2.22. The number of carbonyl (C=O) groups is 1. The Morgan fingerprint density at radius 1 is 1.38 bits per heavy atom. The first-order chi connectivity index (χ1) is 10.2. The van der Waals surface area contributed by atoms with Crippen LogP contribution in [0.15, 0.2) is 35.1 Å². The molecule has 2 aromatic rings. The number of nitrogens with one attached hydrogen (secondary N) is 2. The van der Waals surface area contributed by atoms with Gasteiger partial charge in [0, 0.05) is 6.54 Å². The van der Waals surface area contributed by atoms with Crippen LogP contribution in [0.1, 0.15) is 17.5 Å². The fourth-order valence-corrected chi connectivity index (χ4v) is 2.39. The molecular formula is C14H16N4O3. The van der Waals surface area contributed by atoms with Crippen LogP contribution in [0.5, 0.6) is 0 Å². The topological polar surface area (TPSA) is 91.1 Å². The number of rotatable bonds is 3. The van der Waals surface area contributed by atoms with Gasteiger partial charge in [0.2, 0.25) is 5.91 Å². The van der Waals surface area contributed by atoms with Gasteiger partial charge in [0.1, 0.15) is 11.9 Å². The van der Waals surface area contributed by atoms with Crippen LogP contribution in [0.25, 0.3) is 0 Å². The van der Waals surface area contributed by atoms with E-state index in [0.717, 1.165) is 5.56 Å². The molecule has 1 saturated heterocycles. The van der Waals surface area contributed by atoms with E-state index in [-0.39, 0.29) is 18.4 Å². The van der Waals surface area contributed by atoms with E-state index in [2.05, 4.69) is 15.2 Å². The first-order valence-corrected chi connectivity index (χ1v) is 6.80. The summed E-state index contributed by atoms with van der Waals surface area (Å²) in [4.78, 5) is 27.4. The number of nitrogens with zero attached hydrogens (tertiary/aromatic N) is 2. The number of hydrogen-bond donors (Lipinski definition) is 2. The second kappa shape index (κ2) is 5.92. The Morgan fingerprint density at radius 3 is 2.90 bits per heavy atom. The van der Waals surface area contributed by atoms with Crippen molar-refractivity contribution in [3.05, 3.63) is 52.2 Å². The van der Waals surface area contributed by atoms with Crippen LogP contribution < -0.4 is 5.69 Å². The molecule has 1 fully saturated rings. The summed E-state index contributed by atoms with van der Waals surface area (Å²) in [5, 5.41) is 6.01. The zero-order valence-corrected chi connectivity index (χ0v) is 11.4. The minimum atomic E-state index is -0.401. The Labute approximate surface area is 120 Å². The standard InChI is InChI=1S/C14H16N4O3/c19-13(8-12-15-14(20)17-16-12)18-6-7-21-11(9-18)10-4-2-1-3-5-10/h1-5,11H,6-9H2,(H2,15,16,17,20). The second-order valence-corrected chi connectivity index (χ2v) is 4.91. The first-order valence-electron chi connectivity index (χ1n) is 6.80. The Morgan fingerprint density at radius 2 is 2.19 bits per heavy atom. The van der Waals surface area contributed by atoms with Crippen molar-refractivity contribution in [2.75, 3.05) is 19.7 Å². The van der Waals surface area contributed by atoms with Gasteiger partial charge in [-0.05, 0) is 5.56 Å². The van der Waals surface area contributed by atoms with E-state index in [1.807, 2.05) is 30.3 Å². The average molecular weight is 288 g/mol. The zero-order valence-electron chi connectivity index (χ0n) is 11.4. The normalized spacial score (nSPS) is 18.7. The molecule has 1 amide bonds. The maximum atomic E-state index is 12.2. The monoisotopic (exact) mass is 288 g/mol. The highest BCUT2D eigenvalue weighted by molar-refractivity contribution is 5.78. The van der Waals surface area contributed by atoms with Crippen LogP contribution in [0.4, 0.5) is 0 Å². The lowest BCUT2D eigenvalue weighted by Gasteiger charge is -2.33. The van der Waals surface area contributed by atoms with Crippen LogP contribution >= 0.6 is 0 Å². The average Bonchev–Trinajstić information content (AvgIpc) is 2.93. The Kier molecular flexibility index (Phi) is 3.83. The number of ether oxygens (including phenoxy) is 1. The molecule has 0 bridgehead atoms. The molecule has 0 radical (unpaired) electrons. The number of aromatic amines is 2. The van der Waals surface area contributed by atoms with Crippen molar-refractivity contribution in [3.63, 3.8) is 0 Å². The van der Waals surface area contributed by atoms with E-state index in [1.165, 1.54) is 0 Å². The van der Waals surface area contributed by atoms with E-state index >= 15 is 0 Å². The lowest BCUT2D eigenvalue weighted by molar-refractivity contribution is -0.138. The van der Waals surface area contributed by atoms with Gasteiger partial charge >= 0.3 is 5.69 Å². The van der Waals surface area contributed by atoms with Crippen molar-refractivity contribution in [1.29, 1.82) is 0 Å². The smallest absolute Gasteiger partial charge is 0.340 e. The molecule has 2 N–H and O–H groups in total. The number of H-pyrrole nitrogens is 2. The molecule has 1 atom stereocenters. The molecular weight excluding hydrogens is 272 g/mol. The molecule has 3 rings (SSSR count). The quantitative estimate of drug-likeness (QED) is 0.846. The third kappa shape index (κ3) is 3.19. The van der Waals surface area contributed by atoms with Crippen LogP contribution in [-0.4, -0.2) is 45.7 Å². The molecule has 1 unspecified atom stereocenters. The Hall–Kier alpha value is -2.41. The summed E-state index contributed by atoms with van der Waals surface area (Å²) in [5.41, 5.74) is 0.658. The molecule has 0 aliphatic carbocycles. The van der Waals surface area contributed by atoms with Crippen molar-refractivity contribution in [3.8, 4) is 0 Å². The number of amides is 1. The van der Waals surface area contributed by atoms with Gasteiger partial charge in [-0.25, -0.2) is 9.89 Å². The summed E-state index contributed by atoms with van der Waals surface area (Å²) in [6, 6.07) is 9.83. The molecule has 1 aromatic heterocycles.